The first-order chi connectivity index (χ1) is 38.2. The molecular weight excluding hydrogens is 1080 g/mol. The minimum atomic E-state index is -1.98. The second kappa shape index (κ2) is 26.0. The van der Waals surface area contributed by atoms with Crippen molar-refractivity contribution in [2.75, 3.05) is 45.1 Å². The van der Waals surface area contributed by atoms with Crippen LogP contribution in [0.4, 0.5) is 0 Å². The van der Waals surface area contributed by atoms with Crippen LogP contribution in [-0.4, -0.2) is 215 Å². The number of nitrogens with zero attached hydrogens (tertiary/aromatic N) is 4. The number of H-pyrrole nitrogens is 1. The number of thioether (sulfide) groups is 1. The van der Waals surface area contributed by atoms with Crippen molar-refractivity contribution < 1.29 is 82.8 Å². The van der Waals surface area contributed by atoms with Crippen LogP contribution < -0.4 is 21.3 Å². The monoisotopic (exact) mass is 1150 g/mol. The number of rotatable bonds is 15. The third kappa shape index (κ3) is 14.9. The Kier molecular flexibility index (Phi) is 19.6. The number of carbonyl (C=O) groups excluding carboxylic acids is 13. The van der Waals surface area contributed by atoms with Crippen molar-refractivity contribution >= 4 is 99.1 Å². The Morgan fingerprint density at radius 1 is 0.778 bits per heavy atom. The Morgan fingerprint density at radius 3 is 1.96 bits per heavy atom. The zero-order valence-corrected chi connectivity index (χ0v) is 46.0. The van der Waals surface area contributed by atoms with Gasteiger partial charge in [-0.15, -0.1) is 11.8 Å². The molecule has 436 valence electrons. The maximum Gasteiger partial charge on any atom is 0.253 e. The summed E-state index contributed by atoms with van der Waals surface area (Å²) in [7, 11) is 0. The SMILES string of the molecule is CC(O)[C@H]1CC(=O)[C@H](C)NC(=O)[C@H](C[C@@](C)(O)CO)NC(=O)[C@H]2CC(=O)[C@H](C)NC(=O)[C@@H]3C[C@@H](O)CN3C(=O)[C@@H](CSc3[nH]c4ccc(CC(=O)CCC(=O)N(CCN5C(=O)C=CC5=O)CCN5C(=O)C=CC5=O)cc4c3C2)NC1=O. The number of imide groups is 2. The smallest absolute Gasteiger partial charge is 0.253 e. The number of fused-ring (bicyclic) bond motifs is 5. The van der Waals surface area contributed by atoms with Crippen LogP contribution in [-0.2, 0) is 75.2 Å². The standard InChI is InChI=1S/C54H67N9O17S/c1-27-41(68)20-31-19-36-35-18-30(17-32(66)6-8-43(70)60(13-15-61-44(71)9-10-45(61)72)14-16-62-46(73)11-12-47(62)74)5-7-37(35)59-52(36)81-25-39(53(79)63-24-33(67)21-40(63)51(78)56-27)58-49(76)34(29(3)65)22-42(69)28(2)55-50(77)38(57-48(31)75)23-54(4,80)26-64/h5,7,9-12,18,27-29,31,33-34,38-40,59,64-65,67,80H,6,8,13-17,19-26H2,1-4H3,(H,55,77)(H,56,78)(H,57,75)(H,58,76)/t27-,28-,29?,31+,33+,34+,38-,39+,40-,54+/m0/s1. The summed E-state index contributed by atoms with van der Waals surface area (Å²) >= 11 is 0.994. The van der Waals surface area contributed by atoms with Crippen LogP contribution in [0.15, 0.2) is 47.5 Å². The fourth-order valence-corrected chi connectivity index (χ4v) is 11.4. The first-order valence-corrected chi connectivity index (χ1v) is 27.6. The van der Waals surface area contributed by atoms with E-state index in [-0.39, 0.29) is 70.6 Å². The minimum absolute atomic E-state index is 0.162. The second-order valence-electron chi connectivity index (χ2n) is 21.5. The van der Waals surface area contributed by atoms with E-state index < -0.39 is 162 Å². The van der Waals surface area contributed by atoms with Crippen molar-refractivity contribution in [1.29, 1.82) is 0 Å². The van der Waals surface area contributed by atoms with Crippen LogP contribution in [0.25, 0.3) is 10.9 Å². The lowest BCUT2D eigenvalue weighted by Crippen LogP contribution is -2.57. The summed E-state index contributed by atoms with van der Waals surface area (Å²) in [5, 5.41) is 53.9. The number of Topliss-reactive ketones (excluding diaryl/α,β-unsaturated/α-hetero) is 3. The summed E-state index contributed by atoms with van der Waals surface area (Å²) in [5.74, 6) is -12.4. The van der Waals surface area contributed by atoms with Gasteiger partial charge in [0.15, 0.2) is 11.6 Å². The topological polar surface area (TPSA) is 380 Å². The molecule has 0 aliphatic carbocycles. The molecule has 1 aromatic heterocycles. The minimum Gasteiger partial charge on any atom is -0.393 e. The van der Waals surface area contributed by atoms with Crippen molar-refractivity contribution in [3.63, 3.8) is 0 Å². The molecule has 1 saturated heterocycles. The van der Waals surface area contributed by atoms with Crippen molar-refractivity contribution in [2.24, 2.45) is 11.8 Å². The van der Waals surface area contributed by atoms with E-state index in [1.807, 2.05) is 0 Å². The summed E-state index contributed by atoms with van der Waals surface area (Å²) in [6, 6.07) is -2.23. The molecule has 0 radical (unpaired) electrons. The summed E-state index contributed by atoms with van der Waals surface area (Å²) < 4.78 is 0. The highest BCUT2D eigenvalue weighted by molar-refractivity contribution is 7.99. The molecule has 1 fully saturated rings. The molecule has 6 heterocycles. The molecule has 10 amide bonds. The Labute approximate surface area is 468 Å². The highest BCUT2D eigenvalue weighted by Crippen LogP contribution is 2.35. The summed E-state index contributed by atoms with van der Waals surface area (Å²) in [5.41, 5.74) is -0.752. The fourth-order valence-electron chi connectivity index (χ4n) is 10.2. The number of aliphatic hydroxyl groups excluding tert-OH is 3. The molecule has 7 rings (SSSR count). The van der Waals surface area contributed by atoms with E-state index in [2.05, 4.69) is 26.3 Å². The normalized spacial score (nSPS) is 26.5. The first-order valence-electron chi connectivity index (χ1n) is 26.6. The number of nitrogens with one attached hydrogen (secondary N) is 5. The largest absolute Gasteiger partial charge is 0.393 e. The predicted molar refractivity (Wildman–Crippen MR) is 284 cm³/mol. The molecule has 9 N–H and O–H groups in total. The van der Waals surface area contributed by atoms with Gasteiger partial charge in [-0.25, -0.2) is 0 Å². The number of aromatic nitrogens is 1. The highest BCUT2D eigenvalue weighted by Gasteiger charge is 2.44. The molecule has 1 aromatic carbocycles. The molecule has 5 aliphatic heterocycles. The summed E-state index contributed by atoms with van der Waals surface area (Å²) in [6.45, 7) is 3.19. The molecule has 27 heteroatoms. The Hall–Kier alpha value is -7.46. The van der Waals surface area contributed by atoms with Crippen LogP contribution in [0.3, 0.4) is 0 Å². The third-order valence-corrected chi connectivity index (χ3v) is 16.2. The van der Waals surface area contributed by atoms with E-state index in [0.717, 1.165) is 50.8 Å². The van der Waals surface area contributed by atoms with Gasteiger partial charge in [0.2, 0.25) is 35.4 Å². The van der Waals surface area contributed by atoms with Gasteiger partial charge in [-0.2, -0.15) is 0 Å². The summed E-state index contributed by atoms with van der Waals surface area (Å²) in [4.78, 5) is 184. The summed E-state index contributed by atoms with van der Waals surface area (Å²) in [6.07, 6.45) is -1.59. The van der Waals surface area contributed by atoms with Gasteiger partial charge in [-0.3, -0.25) is 72.1 Å². The van der Waals surface area contributed by atoms with Crippen LogP contribution >= 0.6 is 11.8 Å². The van der Waals surface area contributed by atoms with Crippen LogP contribution in [0.1, 0.15) is 77.3 Å². The van der Waals surface area contributed by atoms with E-state index in [1.165, 1.54) is 32.6 Å². The van der Waals surface area contributed by atoms with E-state index >= 15 is 0 Å². The number of aromatic amines is 1. The Bertz CT molecular complexity index is 2890. The molecule has 10 atom stereocenters. The number of aliphatic hydroxyl groups is 4. The lowest BCUT2D eigenvalue weighted by atomic mass is 9.89. The van der Waals surface area contributed by atoms with Crippen LogP contribution in [0.2, 0.25) is 0 Å². The molecule has 0 saturated carbocycles. The van der Waals surface area contributed by atoms with Gasteiger partial charge < -0.3 is 56.5 Å². The van der Waals surface area contributed by atoms with Gasteiger partial charge in [0.05, 0.1) is 47.4 Å². The van der Waals surface area contributed by atoms with Gasteiger partial charge in [0, 0.05) is 125 Å². The van der Waals surface area contributed by atoms with E-state index in [0.29, 0.717) is 27.1 Å². The number of carbonyl (C=O) groups is 13. The van der Waals surface area contributed by atoms with Gasteiger partial charge in [0.1, 0.15) is 23.9 Å². The third-order valence-electron chi connectivity index (χ3n) is 15.1. The molecule has 26 nitrogen and oxygen atoms in total. The Balaban J connectivity index is 1.25. The predicted octanol–water partition coefficient (Wildman–Crippen LogP) is -2.99. The maximum atomic E-state index is 14.8. The number of hydrogen-bond acceptors (Lipinski definition) is 18. The number of hydrogen-bond donors (Lipinski definition) is 9. The van der Waals surface area contributed by atoms with Gasteiger partial charge >= 0.3 is 0 Å². The molecular formula is C54H67N9O17S. The molecule has 5 aliphatic rings. The van der Waals surface area contributed by atoms with Crippen LogP contribution in [0, 0.1) is 11.8 Å². The van der Waals surface area contributed by atoms with Crippen molar-refractivity contribution in [3.8, 4) is 0 Å². The Morgan fingerprint density at radius 2 is 1.37 bits per heavy atom. The zero-order valence-electron chi connectivity index (χ0n) is 45.1. The molecule has 1 unspecified atom stereocenters. The van der Waals surface area contributed by atoms with Gasteiger partial charge in [-0.1, -0.05) is 6.07 Å². The van der Waals surface area contributed by atoms with Gasteiger partial charge in [0.25, 0.3) is 23.6 Å². The number of amides is 10. The van der Waals surface area contributed by atoms with Crippen LogP contribution in [0.5, 0.6) is 0 Å². The molecule has 2 bridgehead atoms. The van der Waals surface area contributed by atoms with Crippen molar-refractivity contribution in [1.82, 2.24) is 45.9 Å². The zero-order chi connectivity index (χ0) is 59.2. The lowest BCUT2D eigenvalue weighted by Gasteiger charge is -2.30. The van der Waals surface area contributed by atoms with E-state index in [9.17, 15) is 82.8 Å². The van der Waals surface area contributed by atoms with Gasteiger partial charge in [-0.05, 0) is 57.4 Å². The molecule has 81 heavy (non-hydrogen) atoms. The van der Waals surface area contributed by atoms with Crippen molar-refractivity contribution in [2.45, 2.75) is 132 Å². The number of benzene rings is 1. The lowest BCUT2D eigenvalue weighted by molar-refractivity contribution is -0.143. The van der Waals surface area contributed by atoms with E-state index in [1.54, 1.807) is 18.2 Å². The second-order valence-corrected chi connectivity index (χ2v) is 22.5. The average Bonchev–Trinajstić information content (AvgIpc) is 4.30. The average molecular weight is 1150 g/mol. The number of ketones is 3. The molecule has 2 aromatic rings. The fraction of sp³-hybridized carbons (Fsp3) is 0.537. The highest BCUT2D eigenvalue weighted by atomic mass is 32.2. The maximum absolute atomic E-state index is 14.8. The molecule has 0 spiro atoms. The van der Waals surface area contributed by atoms with Crippen molar-refractivity contribution in [3.05, 3.63) is 53.6 Å². The first kappa shape index (κ1) is 61.2. The van der Waals surface area contributed by atoms with E-state index in [4.69, 9.17) is 0 Å². The quantitative estimate of drug-likeness (QED) is 0.0803.